The van der Waals surface area contributed by atoms with Gasteiger partial charge in [-0.2, -0.15) is 0 Å². The highest BCUT2D eigenvalue weighted by molar-refractivity contribution is 8.00. The van der Waals surface area contributed by atoms with E-state index in [4.69, 9.17) is 14.2 Å². The monoisotopic (exact) mass is 373 g/mol. The topological polar surface area (TPSA) is 48.0 Å². The molecule has 1 atom stereocenters. The Hall–Kier alpha value is -2.34. The average molecular weight is 373 g/mol. The number of amides is 1. The molecule has 0 bridgehead atoms. The fourth-order valence-corrected chi connectivity index (χ4v) is 4.17. The molecular weight excluding hydrogens is 350 g/mol. The molecule has 1 fully saturated rings. The van der Waals surface area contributed by atoms with Crippen molar-refractivity contribution in [2.45, 2.75) is 18.8 Å². The number of rotatable bonds is 7. The van der Waals surface area contributed by atoms with E-state index < -0.39 is 0 Å². The second-order valence-electron chi connectivity index (χ2n) is 5.86. The van der Waals surface area contributed by atoms with Crippen molar-refractivity contribution in [1.29, 1.82) is 0 Å². The van der Waals surface area contributed by atoms with Crippen LogP contribution in [-0.2, 0) is 11.3 Å². The lowest BCUT2D eigenvalue weighted by Gasteiger charge is -2.25. The minimum absolute atomic E-state index is 0.0194. The molecule has 1 aliphatic rings. The zero-order valence-corrected chi connectivity index (χ0v) is 16.0. The van der Waals surface area contributed by atoms with Crippen molar-refractivity contribution in [1.82, 2.24) is 4.90 Å². The molecule has 0 radical (unpaired) electrons. The molecule has 0 N–H and O–H groups in total. The SMILES string of the molecule is CCOc1ccc(C2SCC(=O)N2Cc2cc(OC)ccc2OC)cc1. The van der Waals surface area contributed by atoms with Gasteiger partial charge in [0.1, 0.15) is 22.6 Å². The van der Waals surface area contributed by atoms with Crippen molar-refractivity contribution in [3.05, 3.63) is 53.6 Å². The lowest BCUT2D eigenvalue weighted by Crippen LogP contribution is -2.27. The Bertz CT molecular complexity index is 763. The van der Waals surface area contributed by atoms with Crippen LogP contribution in [0.3, 0.4) is 0 Å². The third kappa shape index (κ3) is 3.90. The van der Waals surface area contributed by atoms with Gasteiger partial charge in [0.25, 0.3) is 0 Å². The number of hydrogen-bond donors (Lipinski definition) is 0. The zero-order chi connectivity index (χ0) is 18.5. The highest BCUT2D eigenvalue weighted by Crippen LogP contribution is 2.41. The van der Waals surface area contributed by atoms with Gasteiger partial charge < -0.3 is 19.1 Å². The van der Waals surface area contributed by atoms with Crippen LogP contribution in [0.25, 0.3) is 0 Å². The Labute approximate surface area is 158 Å². The highest BCUT2D eigenvalue weighted by Gasteiger charge is 2.33. The van der Waals surface area contributed by atoms with E-state index in [9.17, 15) is 4.79 Å². The summed E-state index contributed by atoms with van der Waals surface area (Å²) in [6, 6.07) is 13.6. The van der Waals surface area contributed by atoms with E-state index in [1.54, 1.807) is 26.0 Å². The molecule has 1 heterocycles. The van der Waals surface area contributed by atoms with Gasteiger partial charge in [-0.3, -0.25) is 4.79 Å². The lowest BCUT2D eigenvalue weighted by atomic mass is 10.1. The van der Waals surface area contributed by atoms with E-state index in [2.05, 4.69) is 0 Å². The second-order valence-corrected chi connectivity index (χ2v) is 6.93. The molecule has 2 aromatic rings. The first-order valence-electron chi connectivity index (χ1n) is 8.51. The molecule has 138 valence electrons. The van der Waals surface area contributed by atoms with Gasteiger partial charge >= 0.3 is 0 Å². The van der Waals surface area contributed by atoms with Crippen molar-refractivity contribution in [2.24, 2.45) is 0 Å². The number of thioether (sulfide) groups is 1. The number of methoxy groups -OCH3 is 2. The Morgan fingerprint density at radius 2 is 1.81 bits per heavy atom. The Kier molecular flexibility index (Phi) is 5.93. The van der Waals surface area contributed by atoms with E-state index in [0.717, 1.165) is 28.4 Å². The fourth-order valence-electron chi connectivity index (χ4n) is 2.99. The van der Waals surface area contributed by atoms with Crippen LogP contribution < -0.4 is 14.2 Å². The predicted octanol–water partition coefficient (Wildman–Crippen LogP) is 3.88. The van der Waals surface area contributed by atoms with Gasteiger partial charge in [0.15, 0.2) is 0 Å². The molecule has 5 nitrogen and oxygen atoms in total. The maximum Gasteiger partial charge on any atom is 0.234 e. The first-order chi connectivity index (χ1) is 12.7. The summed E-state index contributed by atoms with van der Waals surface area (Å²) in [7, 11) is 3.26. The first kappa shape index (κ1) is 18.5. The van der Waals surface area contributed by atoms with Crippen molar-refractivity contribution in [3.8, 4) is 17.2 Å². The van der Waals surface area contributed by atoms with Crippen LogP contribution in [0.5, 0.6) is 17.2 Å². The molecule has 2 aromatic carbocycles. The molecule has 1 aliphatic heterocycles. The number of ether oxygens (including phenoxy) is 3. The standard InChI is InChI=1S/C20H23NO4S/c1-4-25-16-7-5-14(6-8-16)20-21(19(22)13-26-20)12-15-11-17(23-2)9-10-18(15)24-3/h5-11,20H,4,12-13H2,1-3H3. The first-order valence-corrected chi connectivity index (χ1v) is 9.56. The molecule has 0 saturated carbocycles. The number of carbonyl (C=O) groups is 1. The van der Waals surface area contributed by atoms with E-state index in [1.807, 2.05) is 54.3 Å². The van der Waals surface area contributed by atoms with Crippen LogP contribution in [0.15, 0.2) is 42.5 Å². The van der Waals surface area contributed by atoms with E-state index in [0.29, 0.717) is 18.9 Å². The van der Waals surface area contributed by atoms with Crippen molar-refractivity contribution >= 4 is 17.7 Å². The normalized spacial score (nSPS) is 16.7. The van der Waals surface area contributed by atoms with Crippen LogP contribution >= 0.6 is 11.8 Å². The van der Waals surface area contributed by atoms with Gasteiger partial charge in [-0.1, -0.05) is 12.1 Å². The molecule has 0 aliphatic carbocycles. The predicted molar refractivity (Wildman–Crippen MR) is 103 cm³/mol. The maximum atomic E-state index is 12.5. The highest BCUT2D eigenvalue weighted by atomic mass is 32.2. The summed E-state index contributed by atoms with van der Waals surface area (Å²) in [4.78, 5) is 14.4. The minimum atomic E-state index is -0.0194. The number of nitrogens with zero attached hydrogens (tertiary/aromatic N) is 1. The molecule has 1 saturated heterocycles. The largest absolute Gasteiger partial charge is 0.497 e. The Balaban J connectivity index is 1.84. The molecule has 1 amide bonds. The van der Waals surface area contributed by atoms with Gasteiger partial charge in [0.2, 0.25) is 5.91 Å². The summed E-state index contributed by atoms with van der Waals surface area (Å²) in [5.41, 5.74) is 2.02. The quantitative estimate of drug-likeness (QED) is 0.737. The summed E-state index contributed by atoms with van der Waals surface area (Å²) in [6.07, 6.45) is 0. The van der Waals surface area contributed by atoms with Crippen molar-refractivity contribution in [2.75, 3.05) is 26.6 Å². The minimum Gasteiger partial charge on any atom is -0.497 e. The number of benzene rings is 2. The van der Waals surface area contributed by atoms with E-state index in [-0.39, 0.29) is 11.3 Å². The van der Waals surface area contributed by atoms with E-state index in [1.165, 1.54) is 0 Å². The molecular formula is C20H23NO4S. The van der Waals surface area contributed by atoms with Crippen LogP contribution in [0.4, 0.5) is 0 Å². The van der Waals surface area contributed by atoms with Gasteiger partial charge in [-0.15, -0.1) is 11.8 Å². The molecule has 0 spiro atoms. The van der Waals surface area contributed by atoms with Crippen molar-refractivity contribution in [3.63, 3.8) is 0 Å². The Morgan fingerprint density at radius 3 is 2.46 bits per heavy atom. The van der Waals surface area contributed by atoms with Crippen LogP contribution in [0, 0.1) is 0 Å². The lowest BCUT2D eigenvalue weighted by molar-refractivity contribution is -0.128. The number of carbonyl (C=O) groups excluding carboxylic acids is 1. The summed E-state index contributed by atoms with van der Waals surface area (Å²) in [5, 5.41) is -0.0194. The Morgan fingerprint density at radius 1 is 1.08 bits per heavy atom. The van der Waals surface area contributed by atoms with Gasteiger partial charge in [0, 0.05) is 5.56 Å². The number of hydrogen-bond acceptors (Lipinski definition) is 5. The van der Waals surface area contributed by atoms with Gasteiger partial charge in [-0.25, -0.2) is 0 Å². The summed E-state index contributed by atoms with van der Waals surface area (Å²) in [6.45, 7) is 3.07. The molecule has 3 rings (SSSR count). The average Bonchev–Trinajstić information content (AvgIpc) is 3.03. The molecule has 6 heteroatoms. The molecule has 1 unspecified atom stereocenters. The summed E-state index contributed by atoms with van der Waals surface area (Å²) in [5.74, 6) is 2.94. The van der Waals surface area contributed by atoms with Gasteiger partial charge in [-0.05, 0) is 42.8 Å². The van der Waals surface area contributed by atoms with Crippen LogP contribution in [0.1, 0.15) is 23.4 Å². The van der Waals surface area contributed by atoms with Crippen molar-refractivity contribution < 1.29 is 19.0 Å². The smallest absolute Gasteiger partial charge is 0.234 e. The molecule has 26 heavy (non-hydrogen) atoms. The third-order valence-electron chi connectivity index (χ3n) is 4.27. The van der Waals surface area contributed by atoms with Gasteiger partial charge in [0.05, 0.1) is 33.1 Å². The second kappa shape index (κ2) is 8.36. The zero-order valence-electron chi connectivity index (χ0n) is 15.2. The summed E-state index contributed by atoms with van der Waals surface area (Å²) >= 11 is 1.64. The fraction of sp³-hybridized carbons (Fsp3) is 0.350. The molecule has 0 aromatic heterocycles. The van der Waals surface area contributed by atoms with Crippen LogP contribution in [0.2, 0.25) is 0 Å². The summed E-state index contributed by atoms with van der Waals surface area (Å²) < 4.78 is 16.3. The third-order valence-corrected chi connectivity index (χ3v) is 5.53. The van der Waals surface area contributed by atoms with Crippen LogP contribution in [-0.4, -0.2) is 37.4 Å². The van der Waals surface area contributed by atoms with E-state index >= 15 is 0 Å². The maximum absolute atomic E-state index is 12.5.